The summed E-state index contributed by atoms with van der Waals surface area (Å²) in [5.41, 5.74) is 1.77. The largest absolute Gasteiger partial charge is 0.316 e. The number of benzene rings is 1. The van der Waals surface area contributed by atoms with Crippen LogP contribution in [-0.2, 0) is 16.6 Å². The standard InChI is InChI=1S/C15H26N2O2S2/c1-6-14(11-20-5)17(4)21(18,19)15-9-13(10-16-3)8-7-12(15)2/h7-9,14,16H,6,10-11H2,1-5H3. The van der Waals surface area contributed by atoms with Crippen LogP contribution in [0.2, 0.25) is 0 Å². The second kappa shape index (κ2) is 8.17. The zero-order valence-corrected chi connectivity index (χ0v) is 15.1. The molecule has 0 fully saturated rings. The molecule has 0 radical (unpaired) electrons. The highest BCUT2D eigenvalue weighted by atomic mass is 32.2. The monoisotopic (exact) mass is 330 g/mol. The van der Waals surface area contributed by atoms with Gasteiger partial charge in [-0.3, -0.25) is 0 Å². The summed E-state index contributed by atoms with van der Waals surface area (Å²) in [4.78, 5) is 0.414. The Morgan fingerprint density at radius 1 is 1.38 bits per heavy atom. The fraction of sp³-hybridized carbons (Fsp3) is 0.600. The molecular weight excluding hydrogens is 304 g/mol. The summed E-state index contributed by atoms with van der Waals surface area (Å²) in [5.74, 6) is 0.807. The van der Waals surface area contributed by atoms with Gasteiger partial charge in [0.15, 0.2) is 0 Å². The molecule has 120 valence electrons. The zero-order valence-electron chi connectivity index (χ0n) is 13.5. The fourth-order valence-corrected chi connectivity index (χ4v) is 4.90. The van der Waals surface area contributed by atoms with Crippen molar-refractivity contribution in [3.05, 3.63) is 29.3 Å². The van der Waals surface area contributed by atoms with E-state index >= 15 is 0 Å². The van der Waals surface area contributed by atoms with E-state index in [9.17, 15) is 8.42 Å². The van der Waals surface area contributed by atoms with E-state index in [1.54, 1.807) is 24.9 Å². The van der Waals surface area contributed by atoms with Crippen molar-refractivity contribution in [1.82, 2.24) is 9.62 Å². The van der Waals surface area contributed by atoms with Crippen LogP contribution < -0.4 is 5.32 Å². The number of hydrogen-bond acceptors (Lipinski definition) is 4. The van der Waals surface area contributed by atoms with Crippen LogP contribution in [0.1, 0.15) is 24.5 Å². The molecule has 21 heavy (non-hydrogen) atoms. The number of hydrogen-bond donors (Lipinski definition) is 1. The van der Waals surface area contributed by atoms with Gasteiger partial charge in [0.2, 0.25) is 10.0 Å². The van der Waals surface area contributed by atoms with Crippen molar-refractivity contribution < 1.29 is 8.42 Å². The minimum absolute atomic E-state index is 0.0253. The zero-order chi connectivity index (χ0) is 16.0. The molecular formula is C15H26N2O2S2. The molecule has 0 amide bonds. The molecule has 0 spiro atoms. The predicted octanol–water partition coefficient (Wildman–Crippen LogP) is 2.48. The minimum Gasteiger partial charge on any atom is -0.316 e. The third-order valence-corrected chi connectivity index (χ3v) is 6.41. The summed E-state index contributed by atoms with van der Waals surface area (Å²) in [6, 6.07) is 5.65. The molecule has 0 bridgehead atoms. The van der Waals surface area contributed by atoms with E-state index in [4.69, 9.17) is 0 Å². The van der Waals surface area contributed by atoms with E-state index in [2.05, 4.69) is 5.32 Å². The maximum absolute atomic E-state index is 12.9. The number of aryl methyl sites for hydroxylation is 1. The third-order valence-electron chi connectivity index (χ3n) is 3.64. The van der Waals surface area contributed by atoms with Gasteiger partial charge in [0, 0.05) is 25.4 Å². The van der Waals surface area contributed by atoms with Crippen molar-refractivity contribution in [1.29, 1.82) is 0 Å². The highest BCUT2D eigenvalue weighted by Gasteiger charge is 2.28. The molecule has 1 aromatic carbocycles. The van der Waals surface area contributed by atoms with Gasteiger partial charge < -0.3 is 5.32 Å². The minimum atomic E-state index is -3.45. The van der Waals surface area contributed by atoms with E-state index in [1.165, 1.54) is 4.31 Å². The summed E-state index contributed by atoms with van der Waals surface area (Å²) in [6.07, 6.45) is 2.81. The van der Waals surface area contributed by atoms with Crippen molar-refractivity contribution in [2.24, 2.45) is 0 Å². The van der Waals surface area contributed by atoms with Gasteiger partial charge in [-0.2, -0.15) is 16.1 Å². The Kier molecular flexibility index (Phi) is 7.20. The fourth-order valence-electron chi connectivity index (χ4n) is 2.26. The average molecular weight is 331 g/mol. The van der Waals surface area contributed by atoms with E-state index in [0.717, 1.165) is 23.3 Å². The molecule has 0 aliphatic carbocycles. The molecule has 6 heteroatoms. The first-order valence-electron chi connectivity index (χ1n) is 7.09. The molecule has 0 aromatic heterocycles. The molecule has 4 nitrogen and oxygen atoms in total. The third kappa shape index (κ3) is 4.45. The molecule has 1 aromatic rings. The van der Waals surface area contributed by atoms with Crippen LogP contribution in [0.5, 0.6) is 0 Å². The summed E-state index contributed by atoms with van der Waals surface area (Å²) in [6.45, 7) is 4.53. The Labute approximate surface area is 133 Å². The predicted molar refractivity (Wildman–Crippen MR) is 91.4 cm³/mol. The molecule has 0 saturated carbocycles. The molecule has 1 N–H and O–H groups in total. The molecule has 1 atom stereocenters. The van der Waals surface area contributed by atoms with Gasteiger partial charge in [-0.15, -0.1) is 0 Å². The van der Waals surface area contributed by atoms with E-state index < -0.39 is 10.0 Å². The Morgan fingerprint density at radius 2 is 2.05 bits per heavy atom. The van der Waals surface area contributed by atoms with Crippen LogP contribution in [0.3, 0.4) is 0 Å². The highest BCUT2D eigenvalue weighted by molar-refractivity contribution is 7.98. The summed E-state index contributed by atoms with van der Waals surface area (Å²) in [5, 5.41) is 3.05. The first-order valence-corrected chi connectivity index (χ1v) is 9.93. The SMILES string of the molecule is CCC(CSC)N(C)S(=O)(=O)c1cc(CNC)ccc1C. The first kappa shape index (κ1) is 18.5. The van der Waals surface area contributed by atoms with Crippen LogP contribution in [0.25, 0.3) is 0 Å². The smallest absolute Gasteiger partial charge is 0.243 e. The molecule has 1 rings (SSSR count). The van der Waals surface area contributed by atoms with Crippen LogP contribution >= 0.6 is 11.8 Å². The van der Waals surface area contributed by atoms with E-state index in [-0.39, 0.29) is 6.04 Å². The lowest BCUT2D eigenvalue weighted by atomic mass is 10.1. The molecule has 0 aliphatic heterocycles. The van der Waals surface area contributed by atoms with Crippen LogP contribution in [0.15, 0.2) is 23.1 Å². The summed E-state index contributed by atoms with van der Waals surface area (Å²) in [7, 11) is 0.0856. The number of thioether (sulfide) groups is 1. The van der Waals surface area contributed by atoms with Gasteiger partial charge in [-0.05, 0) is 43.8 Å². The number of rotatable bonds is 8. The number of nitrogens with zero attached hydrogens (tertiary/aromatic N) is 1. The van der Waals surface area contributed by atoms with Gasteiger partial charge in [0.05, 0.1) is 4.90 Å². The van der Waals surface area contributed by atoms with Crippen molar-refractivity contribution in [2.75, 3.05) is 26.1 Å². The lowest BCUT2D eigenvalue weighted by Gasteiger charge is -2.27. The first-order chi connectivity index (χ1) is 9.88. The van der Waals surface area contributed by atoms with Crippen molar-refractivity contribution in [3.63, 3.8) is 0 Å². The average Bonchev–Trinajstić information content (AvgIpc) is 2.46. The van der Waals surface area contributed by atoms with Crippen LogP contribution in [0, 0.1) is 6.92 Å². The lowest BCUT2D eigenvalue weighted by Crippen LogP contribution is -2.38. The van der Waals surface area contributed by atoms with Gasteiger partial charge in [-0.1, -0.05) is 19.1 Å². The lowest BCUT2D eigenvalue weighted by molar-refractivity contribution is 0.385. The second-order valence-corrected chi connectivity index (χ2v) is 8.05. The topological polar surface area (TPSA) is 49.4 Å². The van der Waals surface area contributed by atoms with Crippen molar-refractivity contribution in [2.45, 2.75) is 37.8 Å². The quantitative estimate of drug-likeness (QED) is 0.795. The second-order valence-electron chi connectivity index (χ2n) is 5.17. The normalized spacial score (nSPS) is 13.6. The molecule has 1 unspecified atom stereocenters. The maximum atomic E-state index is 12.9. The Hall–Kier alpha value is -0.560. The molecule has 0 aliphatic rings. The highest BCUT2D eigenvalue weighted by Crippen LogP contribution is 2.23. The number of nitrogens with one attached hydrogen (secondary N) is 1. The van der Waals surface area contributed by atoms with Crippen molar-refractivity contribution in [3.8, 4) is 0 Å². The number of sulfonamides is 1. The van der Waals surface area contributed by atoms with Crippen LogP contribution in [0.4, 0.5) is 0 Å². The van der Waals surface area contributed by atoms with E-state index in [0.29, 0.717) is 11.4 Å². The Bertz CT molecular complexity index is 559. The van der Waals surface area contributed by atoms with Gasteiger partial charge in [0.1, 0.15) is 0 Å². The molecule has 0 heterocycles. The summed E-state index contributed by atoms with van der Waals surface area (Å²) >= 11 is 1.67. The summed E-state index contributed by atoms with van der Waals surface area (Å²) < 4.78 is 27.3. The van der Waals surface area contributed by atoms with Gasteiger partial charge in [0.25, 0.3) is 0 Å². The van der Waals surface area contributed by atoms with Gasteiger partial charge >= 0.3 is 0 Å². The van der Waals surface area contributed by atoms with Gasteiger partial charge in [-0.25, -0.2) is 8.42 Å². The van der Waals surface area contributed by atoms with E-state index in [1.807, 2.05) is 39.3 Å². The maximum Gasteiger partial charge on any atom is 0.243 e. The molecule has 0 saturated heterocycles. The Balaban J connectivity index is 3.19. The van der Waals surface area contributed by atoms with Crippen LogP contribution in [-0.4, -0.2) is 44.9 Å². The Morgan fingerprint density at radius 3 is 2.57 bits per heavy atom. The van der Waals surface area contributed by atoms with Crippen molar-refractivity contribution >= 4 is 21.8 Å².